The van der Waals surface area contributed by atoms with Crippen molar-refractivity contribution in [2.75, 3.05) is 0 Å². The number of nitrogens with one attached hydrogen (secondary N) is 1. The van der Waals surface area contributed by atoms with Crippen LogP contribution in [-0.2, 0) is 4.74 Å². The van der Waals surface area contributed by atoms with Crippen LogP contribution in [0.15, 0.2) is 59.7 Å². The molecule has 32 heavy (non-hydrogen) atoms. The number of hydrazone groups is 1. The van der Waals surface area contributed by atoms with Gasteiger partial charge in [-0.2, -0.15) is 0 Å². The van der Waals surface area contributed by atoms with Gasteiger partial charge in [-0.05, 0) is 0 Å². The van der Waals surface area contributed by atoms with Gasteiger partial charge >= 0.3 is 174 Å². The van der Waals surface area contributed by atoms with E-state index in [0.29, 0.717) is 17.8 Å². The van der Waals surface area contributed by atoms with Crippen molar-refractivity contribution in [1.29, 1.82) is 0 Å². The first-order valence-corrected chi connectivity index (χ1v) is 20.9. The van der Waals surface area contributed by atoms with E-state index in [1.807, 2.05) is 37.3 Å². The zero-order valence-electron chi connectivity index (χ0n) is 19.8. The Labute approximate surface area is 200 Å². The predicted molar refractivity (Wildman–Crippen MR) is 137 cm³/mol. The number of rotatable bonds is 6. The molecule has 1 aliphatic carbocycles. The van der Waals surface area contributed by atoms with Crippen LogP contribution in [0.3, 0.4) is 0 Å². The SMILES string of the molecule is CC(=NNC(=O)O[C@@H]1C[C@H](C)CC[C@H]1C(C)C)c1cc[c]([Sn]([CH3])([Cl])[c]2ccccc2)cc1. The van der Waals surface area contributed by atoms with E-state index in [9.17, 15) is 4.79 Å². The van der Waals surface area contributed by atoms with E-state index in [2.05, 4.69) is 60.5 Å². The summed E-state index contributed by atoms with van der Waals surface area (Å²) in [6.45, 7) is 8.52. The number of nitrogens with zero attached hydrogens (tertiary/aromatic N) is 1. The summed E-state index contributed by atoms with van der Waals surface area (Å²) in [4.78, 5) is 14.6. The number of benzene rings is 2. The number of hydrogen-bond donors (Lipinski definition) is 1. The van der Waals surface area contributed by atoms with Gasteiger partial charge in [0.05, 0.1) is 0 Å². The zero-order valence-corrected chi connectivity index (χ0v) is 23.4. The monoisotopic (exact) mass is 562 g/mol. The molecule has 1 fully saturated rings. The molecule has 2 aromatic carbocycles. The molecule has 0 heterocycles. The summed E-state index contributed by atoms with van der Waals surface area (Å²) >= 11 is -3.09. The Balaban J connectivity index is 1.63. The number of halogens is 1. The van der Waals surface area contributed by atoms with E-state index in [0.717, 1.165) is 24.1 Å². The minimum absolute atomic E-state index is 0.0413. The van der Waals surface area contributed by atoms with Crippen molar-refractivity contribution < 1.29 is 9.53 Å². The van der Waals surface area contributed by atoms with Crippen molar-refractivity contribution in [2.45, 2.75) is 58.0 Å². The summed E-state index contributed by atoms with van der Waals surface area (Å²) < 4.78 is 8.23. The van der Waals surface area contributed by atoms with Crippen LogP contribution in [0, 0.1) is 17.8 Å². The molecule has 1 amide bonds. The van der Waals surface area contributed by atoms with Gasteiger partial charge < -0.3 is 0 Å². The van der Waals surface area contributed by atoms with Crippen molar-refractivity contribution in [2.24, 2.45) is 22.9 Å². The van der Waals surface area contributed by atoms with E-state index in [1.165, 1.54) is 13.6 Å². The normalized spacial score (nSPS) is 23.5. The first kappa shape index (κ1) is 25.1. The van der Waals surface area contributed by atoms with Crippen LogP contribution in [0.1, 0.15) is 52.5 Å². The van der Waals surface area contributed by atoms with Crippen molar-refractivity contribution in [3.05, 3.63) is 60.2 Å². The number of hydrogen-bond acceptors (Lipinski definition) is 3. The molecule has 0 radical (unpaired) electrons. The molecule has 2 aromatic rings. The van der Waals surface area contributed by atoms with Crippen LogP contribution >= 0.6 is 8.92 Å². The summed E-state index contributed by atoms with van der Waals surface area (Å²) in [5.41, 5.74) is 4.27. The third kappa shape index (κ3) is 6.28. The molecule has 1 aliphatic rings. The minimum atomic E-state index is -3.09. The Hall–Kier alpha value is -1.53. The second-order valence-electron chi connectivity index (χ2n) is 9.53. The van der Waals surface area contributed by atoms with E-state index >= 15 is 0 Å². The molecular weight excluding hydrogens is 526 g/mol. The zero-order chi connectivity index (χ0) is 23.3. The van der Waals surface area contributed by atoms with Gasteiger partial charge in [-0.1, -0.05) is 27.2 Å². The fraction of sp³-hybridized carbons (Fsp3) is 0.462. The van der Waals surface area contributed by atoms with Gasteiger partial charge in [0.15, 0.2) is 0 Å². The Morgan fingerprint density at radius 2 is 1.72 bits per heavy atom. The van der Waals surface area contributed by atoms with Gasteiger partial charge in [0, 0.05) is 0 Å². The molecule has 1 N–H and O–H groups in total. The quantitative estimate of drug-likeness (QED) is 0.287. The number of amides is 1. The fourth-order valence-corrected chi connectivity index (χ4v) is 11.8. The first-order chi connectivity index (χ1) is 15.2. The summed E-state index contributed by atoms with van der Waals surface area (Å²) in [6.07, 6.45) is 2.72. The van der Waals surface area contributed by atoms with E-state index in [-0.39, 0.29) is 6.10 Å². The average Bonchev–Trinajstić information content (AvgIpc) is 2.78. The summed E-state index contributed by atoms with van der Waals surface area (Å²) in [5.74, 6) is 1.49. The molecule has 0 spiro atoms. The standard InChI is InChI=1S/C19H27N2O2.C6H5.CH3.ClH.Sn/c1-13(2)17-11-10-14(3)12-18(17)23-19(22)21-20-15(4)16-8-6-5-7-9-16;1-2-4-6-5-3-1;;;/h6-9,13-14,17-18H,10-12H2,1-4H3,(H,21,22);1-5H;1H3;1H;/q;;;;+1/p-1/t14-,17+,18-;;;;/m1..../s1. The number of carbonyl (C=O) groups is 1. The van der Waals surface area contributed by atoms with Crippen LogP contribution < -0.4 is 12.6 Å². The Morgan fingerprint density at radius 3 is 2.34 bits per heavy atom. The molecule has 0 saturated heterocycles. The van der Waals surface area contributed by atoms with Crippen LogP contribution in [0.25, 0.3) is 0 Å². The molecule has 1 saturated carbocycles. The third-order valence-corrected chi connectivity index (χ3v) is 17.7. The van der Waals surface area contributed by atoms with E-state index in [1.54, 1.807) is 0 Å². The van der Waals surface area contributed by atoms with E-state index < -0.39 is 23.3 Å². The molecule has 1 unspecified atom stereocenters. The second-order valence-corrected chi connectivity index (χ2v) is 23.6. The van der Waals surface area contributed by atoms with Crippen molar-refractivity contribution in [3.8, 4) is 0 Å². The Kier molecular flexibility index (Phi) is 8.68. The maximum atomic E-state index is 12.4. The van der Waals surface area contributed by atoms with Gasteiger partial charge in [-0.15, -0.1) is 0 Å². The van der Waals surface area contributed by atoms with Gasteiger partial charge in [0.2, 0.25) is 0 Å². The third-order valence-electron chi connectivity index (χ3n) is 6.70. The topological polar surface area (TPSA) is 50.7 Å². The summed E-state index contributed by atoms with van der Waals surface area (Å²) in [5, 5.41) is 4.28. The molecular formula is C26H35ClN2O2Sn. The molecule has 0 aliphatic heterocycles. The maximum absolute atomic E-state index is 12.4. The summed E-state index contributed by atoms with van der Waals surface area (Å²) in [7, 11) is 7.06. The fourth-order valence-electron chi connectivity index (χ4n) is 4.55. The average molecular weight is 562 g/mol. The first-order valence-electron chi connectivity index (χ1n) is 11.5. The number of carbonyl (C=O) groups excluding carboxylic acids is 1. The van der Waals surface area contributed by atoms with Crippen LogP contribution in [0.2, 0.25) is 4.94 Å². The van der Waals surface area contributed by atoms with E-state index in [4.69, 9.17) is 13.7 Å². The molecule has 4 nitrogen and oxygen atoms in total. The molecule has 3 rings (SSSR count). The Bertz CT molecular complexity index is 929. The molecule has 4 atom stereocenters. The van der Waals surface area contributed by atoms with Crippen molar-refractivity contribution in [1.82, 2.24) is 5.43 Å². The van der Waals surface area contributed by atoms with Gasteiger partial charge in [-0.25, -0.2) is 0 Å². The van der Waals surface area contributed by atoms with Crippen molar-refractivity contribution >= 4 is 45.1 Å². The number of ether oxygens (including phenoxy) is 1. The van der Waals surface area contributed by atoms with Gasteiger partial charge in [-0.3, -0.25) is 0 Å². The molecule has 0 aromatic heterocycles. The van der Waals surface area contributed by atoms with Crippen LogP contribution in [-0.4, -0.2) is 35.2 Å². The molecule has 0 bridgehead atoms. The van der Waals surface area contributed by atoms with Crippen molar-refractivity contribution in [3.63, 3.8) is 0 Å². The van der Waals surface area contributed by atoms with Crippen LogP contribution in [0.4, 0.5) is 4.79 Å². The van der Waals surface area contributed by atoms with Crippen LogP contribution in [0.5, 0.6) is 0 Å². The second kappa shape index (κ2) is 11.1. The Morgan fingerprint density at radius 1 is 1.09 bits per heavy atom. The summed E-state index contributed by atoms with van der Waals surface area (Å²) in [6, 6.07) is 18.6. The van der Waals surface area contributed by atoms with Gasteiger partial charge in [0.25, 0.3) is 0 Å². The molecule has 172 valence electrons. The van der Waals surface area contributed by atoms with Gasteiger partial charge in [0.1, 0.15) is 0 Å². The predicted octanol–water partition coefficient (Wildman–Crippen LogP) is 5.53. The molecule has 6 heteroatoms.